The number of rotatable bonds is 7. The average Bonchev–Trinajstić information content (AvgIpc) is 3.08. The number of halogens is 1. The van der Waals surface area contributed by atoms with Crippen LogP contribution >= 0.6 is 11.8 Å². The molecule has 0 bridgehead atoms. The molecule has 0 spiro atoms. The molecule has 35 heavy (non-hydrogen) atoms. The molecule has 1 aliphatic rings. The first kappa shape index (κ1) is 24.6. The quantitative estimate of drug-likeness (QED) is 0.543. The molecule has 2 aromatic carbocycles. The molecule has 2 amide bonds. The fraction of sp³-hybridized carbons (Fsp3) is 0.320. The summed E-state index contributed by atoms with van der Waals surface area (Å²) in [4.78, 5) is 41.7. The number of thioether (sulfide) groups is 1. The van der Waals surface area contributed by atoms with Crippen LogP contribution in [0.5, 0.6) is 0 Å². The van der Waals surface area contributed by atoms with Crippen molar-refractivity contribution in [3.63, 3.8) is 0 Å². The fourth-order valence-corrected chi connectivity index (χ4v) is 4.83. The fourth-order valence-electron chi connectivity index (χ4n) is 4.12. The molecule has 0 radical (unpaired) electrons. The predicted octanol–water partition coefficient (Wildman–Crippen LogP) is 2.64. The minimum Gasteiger partial charge on any atom is -0.366 e. The van der Waals surface area contributed by atoms with Gasteiger partial charge in [0.25, 0.3) is 5.56 Å². The number of carbonyl (C=O) groups is 2. The number of nitrogens with zero attached hydrogens (tertiary/aromatic N) is 4. The van der Waals surface area contributed by atoms with E-state index in [0.29, 0.717) is 43.2 Å². The van der Waals surface area contributed by atoms with Gasteiger partial charge in [0.2, 0.25) is 11.8 Å². The van der Waals surface area contributed by atoms with Gasteiger partial charge in [-0.05, 0) is 31.2 Å². The van der Waals surface area contributed by atoms with Crippen molar-refractivity contribution in [2.24, 2.45) is 7.05 Å². The number of hydrogen-bond donors (Lipinski definition) is 1. The lowest BCUT2D eigenvalue weighted by Crippen LogP contribution is -2.49. The van der Waals surface area contributed by atoms with Crippen molar-refractivity contribution in [2.45, 2.75) is 6.92 Å². The molecule has 10 heteroatoms. The third-order valence-corrected chi connectivity index (χ3v) is 7.02. The molecule has 1 saturated heterocycles. The third kappa shape index (κ3) is 5.43. The Labute approximate surface area is 207 Å². The maximum Gasteiger partial charge on any atom is 0.295 e. The number of hydrogen-bond acceptors (Lipinski definition) is 5. The first-order chi connectivity index (χ1) is 16.9. The van der Waals surface area contributed by atoms with Crippen molar-refractivity contribution in [2.75, 3.05) is 47.9 Å². The zero-order valence-corrected chi connectivity index (χ0v) is 20.6. The van der Waals surface area contributed by atoms with Crippen LogP contribution in [-0.4, -0.2) is 63.8 Å². The SMILES string of the molecule is Cc1c(NC(=O)CSCC(=O)N2CCN(c3ccccc3F)CC2)c(=O)n(-c2ccccc2)n1C. The minimum absolute atomic E-state index is 0.0556. The summed E-state index contributed by atoms with van der Waals surface area (Å²) in [5, 5.41) is 2.71. The van der Waals surface area contributed by atoms with Gasteiger partial charge in [-0.15, -0.1) is 11.8 Å². The highest BCUT2D eigenvalue weighted by molar-refractivity contribution is 8.00. The van der Waals surface area contributed by atoms with Crippen molar-refractivity contribution < 1.29 is 14.0 Å². The summed E-state index contributed by atoms with van der Waals surface area (Å²) in [6, 6.07) is 15.8. The molecule has 1 aliphatic heterocycles. The van der Waals surface area contributed by atoms with E-state index in [-0.39, 0.29) is 40.4 Å². The van der Waals surface area contributed by atoms with Gasteiger partial charge < -0.3 is 15.1 Å². The van der Waals surface area contributed by atoms with E-state index in [1.807, 2.05) is 35.2 Å². The number of anilines is 2. The third-order valence-electron chi connectivity index (χ3n) is 6.10. The summed E-state index contributed by atoms with van der Waals surface area (Å²) >= 11 is 1.21. The highest BCUT2D eigenvalue weighted by Gasteiger charge is 2.23. The number of carbonyl (C=O) groups excluding carboxylic acids is 2. The average molecular weight is 498 g/mol. The maximum atomic E-state index is 14.0. The number of aromatic nitrogens is 2. The van der Waals surface area contributed by atoms with E-state index in [2.05, 4.69) is 5.32 Å². The number of amides is 2. The highest BCUT2D eigenvalue weighted by atomic mass is 32.2. The molecular weight excluding hydrogens is 469 g/mol. The Bertz CT molecular complexity index is 1270. The molecule has 8 nitrogen and oxygen atoms in total. The summed E-state index contributed by atoms with van der Waals surface area (Å²) in [7, 11) is 1.76. The van der Waals surface area contributed by atoms with Gasteiger partial charge in [0, 0.05) is 33.2 Å². The van der Waals surface area contributed by atoms with Gasteiger partial charge in [-0.25, -0.2) is 9.07 Å². The lowest BCUT2D eigenvalue weighted by molar-refractivity contribution is -0.128. The molecule has 0 saturated carbocycles. The first-order valence-electron chi connectivity index (χ1n) is 11.4. The number of benzene rings is 2. The Morgan fingerprint density at radius 2 is 1.63 bits per heavy atom. The van der Waals surface area contributed by atoms with Gasteiger partial charge in [-0.2, -0.15) is 0 Å². The van der Waals surface area contributed by atoms with Crippen LogP contribution in [-0.2, 0) is 16.6 Å². The van der Waals surface area contributed by atoms with Crippen LogP contribution in [0.25, 0.3) is 5.69 Å². The van der Waals surface area contributed by atoms with E-state index in [1.54, 1.807) is 41.8 Å². The monoisotopic (exact) mass is 497 g/mol. The van der Waals surface area contributed by atoms with Crippen molar-refractivity contribution in [3.8, 4) is 5.69 Å². The smallest absolute Gasteiger partial charge is 0.295 e. The van der Waals surface area contributed by atoms with E-state index in [0.717, 1.165) is 0 Å². The Morgan fingerprint density at radius 3 is 2.31 bits per heavy atom. The van der Waals surface area contributed by atoms with Crippen LogP contribution in [0.15, 0.2) is 59.4 Å². The summed E-state index contributed by atoms with van der Waals surface area (Å²) < 4.78 is 17.2. The molecule has 1 N–H and O–H groups in total. The molecule has 3 aromatic rings. The molecule has 4 rings (SSSR count). The van der Waals surface area contributed by atoms with Gasteiger partial charge >= 0.3 is 0 Å². The van der Waals surface area contributed by atoms with E-state index in [1.165, 1.54) is 22.5 Å². The lowest BCUT2D eigenvalue weighted by Gasteiger charge is -2.36. The lowest BCUT2D eigenvalue weighted by atomic mass is 10.2. The van der Waals surface area contributed by atoms with Crippen molar-refractivity contribution in [3.05, 3.63) is 76.5 Å². The van der Waals surface area contributed by atoms with Crippen LogP contribution in [0.4, 0.5) is 15.8 Å². The Morgan fingerprint density at radius 1 is 0.971 bits per heavy atom. The first-order valence-corrected chi connectivity index (χ1v) is 12.5. The van der Waals surface area contributed by atoms with Crippen molar-refractivity contribution in [1.29, 1.82) is 0 Å². The molecule has 184 valence electrons. The van der Waals surface area contributed by atoms with Crippen LogP contribution in [0, 0.1) is 12.7 Å². The molecular formula is C25H28FN5O3S. The van der Waals surface area contributed by atoms with Crippen molar-refractivity contribution >= 4 is 35.0 Å². The van der Waals surface area contributed by atoms with Crippen LogP contribution < -0.4 is 15.8 Å². The molecule has 1 aromatic heterocycles. The maximum absolute atomic E-state index is 14.0. The second-order valence-corrected chi connectivity index (χ2v) is 9.28. The molecule has 0 aliphatic carbocycles. The summed E-state index contributed by atoms with van der Waals surface area (Å²) in [6.07, 6.45) is 0. The molecule has 0 atom stereocenters. The van der Waals surface area contributed by atoms with E-state index < -0.39 is 0 Å². The summed E-state index contributed by atoms with van der Waals surface area (Å²) in [6.45, 7) is 3.88. The van der Waals surface area contributed by atoms with Crippen LogP contribution in [0.3, 0.4) is 0 Å². The van der Waals surface area contributed by atoms with Crippen LogP contribution in [0.2, 0.25) is 0 Å². The summed E-state index contributed by atoms with van der Waals surface area (Å²) in [5.74, 6) is -0.440. The number of piperazine rings is 1. The van der Waals surface area contributed by atoms with Crippen molar-refractivity contribution in [1.82, 2.24) is 14.3 Å². The van der Waals surface area contributed by atoms with Gasteiger partial charge in [0.15, 0.2) is 0 Å². The largest absolute Gasteiger partial charge is 0.366 e. The summed E-state index contributed by atoms with van der Waals surface area (Å²) in [5.41, 5.74) is 1.82. The van der Waals surface area contributed by atoms with E-state index >= 15 is 0 Å². The zero-order valence-electron chi connectivity index (χ0n) is 19.7. The van der Waals surface area contributed by atoms with Gasteiger partial charge in [0.05, 0.1) is 28.6 Å². The van der Waals surface area contributed by atoms with Gasteiger partial charge in [-0.3, -0.25) is 19.1 Å². The Kier molecular flexibility index (Phi) is 7.60. The second kappa shape index (κ2) is 10.8. The molecule has 1 fully saturated rings. The Hall–Kier alpha value is -3.53. The topological polar surface area (TPSA) is 79.6 Å². The minimum atomic E-state index is -0.335. The number of nitrogens with one attached hydrogen (secondary N) is 1. The van der Waals surface area contributed by atoms with E-state index in [9.17, 15) is 18.8 Å². The standard InChI is InChI=1S/C25H28FN5O3S/c1-18-24(25(34)31(28(18)2)19-8-4-3-5-9-19)27-22(32)16-35-17-23(33)30-14-12-29(13-15-30)21-11-7-6-10-20(21)26/h3-11H,12-17H2,1-2H3,(H,27,32). The second-order valence-electron chi connectivity index (χ2n) is 8.30. The highest BCUT2D eigenvalue weighted by Crippen LogP contribution is 2.20. The normalized spacial score (nSPS) is 13.7. The van der Waals surface area contributed by atoms with Gasteiger partial charge in [0.1, 0.15) is 11.5 Å². The van der Waals surface area contributed by atoms with Crippen LogP contribution in [0.1, 0.15) is 5.69 Å². The molecule has 0 unspecified atom stereocenters. The number of para-hydroxylation sites is 2. The van der Waals surface area contributed by atoms with Gasteiger partial charge in [-0.1, -0.05) is 30.3 Å². The predicted molar refractivity (Wildman–Crippen MR) is 137 cm³/mol. The Balaban J connectivity index is 1.27. The molecule has 2 heterocycles. The zero-order chi connectivity index (χ0) is 24.9. The van der Waals surface area contributed by atoms with E-state index in [4.69, 9.17) is 0 Å².